The first-order chi connectivity index (χ1) is 13.8. The van der Waals surface area contributed by atoms with Gasteiger partial charge in [-0.15, -0.1) is 10.2 Å². The first-order valence-corrected chi connectivity index (χ1v) is 9.44. The minimum Gasteiger partial charge on any atom is -0.497 e. The Morgan fingerprint density at radius 1 is 0.929 bits per heavy atom. The highest BCUT2D eigenvalue weighted by Gasteiger charge is 2.14. The van der Waals surface area contributed by atoms with E-state index in [1.807, 2.05) is 48.5 Å². The molecule has 7 nitrogen and oxygen atoms in total. The van der Waals surface area contributed by atoms with Crippen LogP contribution < -0.4 is 9.47 Å². The molecule has 0 atom stereocenters. The molecular weight excluding hydrogens is 378 g/mol. The molecule has 0 aliphatic rings. The largest absolute Gasteiger partial charge is 0.497 e. The van der Waals surface area contributed by atoms with Gasteiger partial charge in [0.1, 0.15) is 17.8 Å². The normalized spacial score (nSPS) is 10.8. The molecule has 0 fully saturated rings. The molecule has 0 radical (unpaired) electrons. The van der Waals surface area contributed by atoms with Gasteiger partial charge in [0.15, 0.2) is 0 Å². The van der Waals surface area contributed by atoms with Crippen LogP contribution in [0.4, 0.5) is 0 Å². The molecular formula is C20H17N3O4S. The van der Waals surface area contributed by atoms with E-state index in [-0.39, 0.29) is 0 Å². The van der Waals surface area contributed by atoms with E-state index >= 15 is 0 Å². The monoisotopic (exact) mass is 395 g/mol. The van der Waals surface area contributed by atoms with Gasteiger partial charge in [0.25, 0.3) is 11.1 Å². The van der Waals surface area contributed by atoms with Crippen molar-refractivity contribution in [3.8, 4) is 34.4 Å². The molecule has 28 heavy (non-hydrogen) atoms. The molecule has 0 N–H and O–H groups in total. The lowest BCUT2D eigenvalue weighted by molar-refractivity contribution is 0.411. The van der Waals surface area contributed by atoms with Gasteiger partial charge in [-0.2, -0.15) is 0 Å². The zero-order valence-electron chi connectivity index (χ0n) is 15.3. The molecule has 2 aromatic carbocycles. The Hall–Kier alpha value is -3.26. The van der Waals surface area contributed by atoms with E-state index in [0.29, 0.717) is 28.5 Å². The lowest BCUT2D eigenvalue weighted by Gasteiger charge is -2.03. The molecule has 2 heterocycles. The van der Waals surface area contributed by atoms with E-state index in [1.54, 1.807) is 20.5 Å². The number of aromatic nitrogens is 3. The summed E-state index contributed by atoms with van der Waals surface area (Å²) in [6.07, 6.45) is 1.63. The van der Waals surface area contributed by atoms with Crippen LogP contribution in [0.1, 0.15) is 5.69 Å². The molecule has 0 bridgehead atoms. The van der Waals surface area contributed by atoms with Crippen molar-refractivity contribution in [2.24, 2.45) is 0 Å². The highest BCUT2D eigenvalue weighted by Crippen LogP contribution is 2.31. The third kappa shape index (κ3) is 3.86. The quantitative estimate of drug-likeness (QED) is 0.416. The Labute approximate surface area is 165 Å². The van der Waals surface area contributed by atoms with Gasteiger partial charge in [-0.25, -0.2) is 4.98 Å². The molecule has 0 saturated heterocycles. The van der Waals surface area contributed by atoms with Crippen LogP contribution in [-0.4, -0.2) is 29.4 Å². The van der Waals surface area contributed by atoms with Crippen LogP contribution in [0.3, 0.4) is 0 Å². The highest BCUT2D eigenvalue weighted by molar-refractivity contribution is 7.98. The second-order valence-electron chi connectivity index (χ2n) is 5.73. The van der Waals surface area contributed by atoms with Crippen LogP contribution in [0.5, 0.6) is 11.5 Å². The van der Waals surface area contributed by atoms with Gasteiger partial charge in [-0.05, 0) is 36.4 Å². The summed E-state index contributed by atoms with van der Waals surface area (Å²) in [4.78, 5) is 4.51. The maximum atomic E-state index is 5.74. The SMILES string of the molecule is COc1ccc(-c2nc(CSc3nnc(-c4ccccc4OC)o3)co2)cc1. The van der Waals surface area contributed by atoms with Gasteiger partial charge in [0.2, 0.25) is 5.89 Å². The Morgan fingerprint density at radius 2 is 1.75 bits per heavy atom. The topological polar surface area (TPSA) is 83.4 Å². The van der Waals surface area contributed by atoms with Crippen molar-refractivity contribution < 1.29 is 18.3 Å². The smallest absolute Gasteiger partial charge is 0.277 e. The standard InChI is InChI=1S/C20H17N3O4S/c1-24-15-9-7-13(8-10-15)18-21-14(11-26-18)12-28-20-23-22-19(27-20)16-5-3-4-6-17(16)25-2/h3-11H,12H2,1-2H3. The molecule has 0 aliphatic heterocycles. The van der Waals surface area contributed by atoms with Gasteiger partial charge in [-0.1, -0.05) is 23.9 Å². The van der Waals surface area contributed by atoms with Crippen LogP contribution in [-0.2, 0) is 5.75 Å². The van der Waals surface area contributed by atoms with Crippen LogP contribution in [0.25, 0.3) is 22.9 Å². The molecule has 0 aliphatic carbocycles. The Kier molecular flexibility index (Phi) is 5.29. The molecule has 8 heteroatoms. The number of ether oxygens (including phenoxy) is 2. The molecule has 0 unspecified atom stereocenters. The summed E-state index contributed by atoms with van der Waals surface area (Å²) in [5, 5.41) is 8.64. The second kappa shape index (κ2) is 8.18. The summed E-state index contributed by atoms with van der Waals surface area (Å²) in [6.45, 7) is 0. The number of hydrogen-bond donors (Lipinski definition) is 0. The van der Waals surface area contributed by atoms with E-state index in [2.05, 4.69) is 15.2 Å². The minimum absolute atomic E-state index is 0.416. The maximum Gasteiger partial charge on any atom is 0.277 e. The average molecular weight is 395 g/mol. The van der Waals surface area contributed by atoms with Crippen molar-refractivity contribution in [1.82, 2.24) is 15.2 Å². The van der Waals surface area contributed by atoms with Gasteiger partial charge in [0.05, 0.1) is 25.5 Å². The number of thioether (sulfide) groups is 1. The molecule has 0 spiro atoms. The molecule has 0 saturated carbocycles. The maximum absolute atomic E-state index is 5.74. The van der Waals surface area contributed by atoms with E-state index in [1.165, 1.54) is 11.8 Å². The van der Waals surface area contributed by atoms with E-state index in [0.717, 1.165) is 22.6 Å². The van der Waals surface area contributed by atoms with E-state index in [9.17, 15) is 0 Å². The second-order valence-corrected chi connectivity index (χ2v) is 6.66. The third-order valence-electron chi connectivity index (χ3n) is 3.98. The molecule has 4 rings (SSSR count). The molecule has 0 amide bonds. The van der Waals surface area contributed by atoms with E-state index in [4.69, 9.17) is 18.3 Å². The van der Waals surface area contributed by atoms with Crippen LogP contribution in [0, 0.1) is 0 Å². The van der Waals surface area contributed by atoms with Gasteiger partial charge < -0.3 is 18.3 Å². The Morgan fingerprint density at radius 3 is 2.54 bits per heavy atom. The fraction of sp³-hybridized carbons (Fsp3) is 0.150. The summed E-state index contributed by atoms with van der Waals surface area (Å²) in [5.74, 6) is 2.99. The minimum atomic E-state index is 0.416. The lowest BCUT2D eigenvalue weighted by atomic mass is 10.2. The summed E-state index contributed by atoms with van der Waals surface area (Å²) >= 11 is 1.39. The van der Waals surface area contributed by atoms with Crippen molar-refractivity contribution in [3.63, 3.8) is 0 Å². The predicted octanol–water partition coefficient (Wildman–Crippen LogP) is 4.70. The zero-order valence-corrected chi connectivity index (χ0v) is 16.1. The van der Waals surface area contributed by atoms with Gasteiger partial charge >= 0.3 is 0 Å². The summed E-state index contributed by atoms with van der Waals surface area (Å²) in [5.41, 5.74) is 2.42. The Balaban J connectivity index is 1.43. The third-order valence-corrected chi connectivity index (χ3v) is 4.83. The van der Waals surface area contributed by atoms with Crippen LogP contribution >= 0.6 is 11.8 Å². The number of oxazole rings is 1. The fourth-order valence-corrected chi connectivity index (χ4v) is 3.21. The number of benzene rings is 2. The van der Waals surface area contributed by atoms with E-state index < -0.39 is 0 Å². The van der Waals surface area contributed by atoms with Gasteiger partial charge in [0, 0.05) is 11.3 Å². The van der Waals surface area contributed by atoms with Crippen molar-refractivity contribution in [2.75, 3.05) is 14.2 Å². The summed E-state index contributed by atoms with van der Waals surface area (Å²) in [6, 6.07) is 15.0. The number of methoxy groups -OCH3 is 2. The lowest BCUT2D eigenvalue weighted by Crippen LogP contribution is -1.87. The number of nitrogens with zero attached hydrogens (tertiary/aromatic N) is 3. The molecule has 2 aromatic heterocycles. The van der Waals surface area contributed by atoms with Crippen LogP contribution in [0.15, 0.2) is 68.9 Å². The number of hydrogen-bond acceptors (Lipinski definition) is 8. The van der Waals surface area contributed by atoms with Gasteiger partial charge in [-0.3, -0.25) is 0 Å². The van der Waals surface area contributed by atoms with Crippen LogP contribution in [0.2, 0.25) is 0 Å². The predicted molar refractivity (Wildman–Crippen MR) is 104 cm³/mol. The zero-order chi connectivity index (χ0) is 19.3. The summed E-state index contributed by atoms with van der Waals surface area (Å²) in [7, 11) is 3.24. The van der Waals surface area contributed by atoms with Crippen molar-refractivity contribution in [3.05, 3.63) is 60.5 Å². The highest BCUT2D eigenvalue weighted by atomic mass is 32.2. The average Bonchev–Trinajstić information content (AvgIpc) is 3.42. The molecule has 142 valence electrons. The first kappa shape index (κ1) is 18.1. The van der Waals surface area contributed by atoms with Crippen molar-refractivity contribution >= 4 is 11.8 Å². The van der Waals surface area contributed by atoms with Crippen molar-refractivity contribution in [2.45, 2.75) is 11.0 Å². The first-order valence-electron chi connectivity index (χ1n) is 8.45. The molecule has 4 aromatic rings. The summed E-state index contributed by atoms with van der Waals surface area (Å²) < 4.78 is 21.8. The Bertz CT molecular complexity index is 1060. The number of rotatable bonds is 7. The van der Waals surface area contributed by atoms with Crippen molar-refractivity contribution in [1.29, 1.82) is 0 Å². The fourth-order valence-electron chi connectivity index (χ4n) is 2.57. The number of para-hydroxylation sites is 1.